The molecule has 0 aromatic rings. The molecule has 0 aliphatic rings. The van der Waals surface area contributed by atoms with Crippen molar-refractivity contribution in [3.63, 3.8) is 0 Å². The van der Waals surface area contributed by atoms with Crippen LogP contribution in [0.1, 0.15) is 0 Å². The summed E-state index contributed by atoms with van der Waals surface area (Å²) in [5.74, 6) is 0. The molecule has 0 aliphatic heterocycles. The minimum Gasteiger partial charge on any atom is -0.569 e. The monoisotopic (exact) mass is 199 g/mol. The van der Waals surface area contributed by atoms with Crippen molar-refractivity contribution in [2.24, 2.45) is 0 Å². The van der Waals surface area contributed by atoms with Crippen LogP contribution >= 0.6 is 0 Å². The summed E-state index contributed by atoms with van der Waals surface area (Å²) in [5, 5.41) is 20.2. The zero-order valence-electron chi connectivity index (χ0n) is 3.78. The first-order chi connectivity index (χ1) is 3.00. The molecule has 3 N–H and O–H groups in total. The maximum absolute atomic E-state index is 6.75. The molecule has 0 saturated heterocycles. The number of aliphatic hydroxyl groups is 3. The van der Waals surface area contributed by atoms with Crippen molar-refractivity contribution in [1.29, 1.82) is 0 Å². The van der Waals surface area contributed by atoms with Crippen LogP contribution in [0.4, 0.5) is 0 Å². The predicted octanol–water partition coefficient (Wildman–Crippen LogP) is 0.449. The Hall–Kier alpha value is 0.542. The van der Waals surface area contributed by atoms with Crippen molar-refractivity contribution in [3.05, 3.63) is 21.3 Å². The van der Waals surface area contributed by atoms with Gasteiger partial charge >= 0.3 is 0 Å². The van der Waals surface area contributed by atoms with E-state index in [4.69, 9.17) is 15.3 Å². The van der Waals surface area contributed by atoms with Gasteiger partial charge < -0.3 is 15.3 Å². The van der Waals surface area contributed by atoms with E-state index in [1.807, 2.05) is 0 Å². The van der Waals surface area contributed by atoms with Gasteiger partial charge in [0.15, 0.2) is 0 Å². The summed E-state index contributed by atoms with van der Waals surface area (Å²) >= 11 is 0. The van der Waals surface area contributed by atoms with Crippen LogP contribution in [0.25, 0.3) is 0 Å². The van der Waals surface area contributed by atoms with Crippen molar-refractivity contribution in [2.75, 3.05) is 0 Å². The van der Waals surface area contributed by atoms with Crippen LogP contribution in [0.5, 0.6) is 0 Å². The smallest absolute Gasteiger partial charge is 0 e. The minimum absolute atomic E-state index is 0. The maximum Gasteiger partial charge on any atom is 0 e. The summed E-state index contributed by atoms with van der Waals surface area (Å²) in [6.07, 6.45) is 0. The van der Waals surface area contributed by atoms with Crippen molar-refractivity contribution < 1.29 is 35.7 Å². The van der Waals surface area contributed by atoms with Crippen LogP contribution in [-0.2, 0) is 20.4 Å². The van der Waals surface area contributed by atoms with Crippen LogP contribution in [0.15, 0.2) is 0 Å². The molecule has 0 bridgehead atoms. The van der Waals surface area contributed by atoms with Crippen molar-refractivity contribution in [1.82, 2.24) is 0 Å². The Bertz CT molecular complexity index is 10.1. The third-order valence-electron chi connectivity index (χ3n) is 0. The molecule has 4 heteroatoms. The summed E-state index contributed by atoms with van der Waals surface area (Å²) in [5.41, 5.74) is 0. The Morgan fingerprint density at radius 1 is 0.571 bits per heavy atom. The summed E-state index contributed by atoms with van der Waals surface area (Å²) in [7, 11) is 6.75. The van der Waals surface area contributed by atoms with Crippen molar-refractivity contribution in [2.45, 2.75) is 0 Å². The second-order valence-corrected chi connectivity index (χ2v) is 0. The second-order valence-electron chi connectivity index (χ2n) is 0. The summed E-state index contributed by atoms with van der Waals surface area (Å²) in [6, 6.07) is 0. The molecule has 0 unspecified atom stereocenters. The molecule has 0 radical (unpaired) electrons. The number of rotatable bonds is 0. The van der Waals surface area contributed by atoms with E-state index in [1.54, 1.807) is 0 Å². The van der Waals surface area contributed by atoms with Crippen molar-refractivity contribution in [3.8, 4) is 0 Å². The first-order valence-electron chi connectivity index (χ1n) is 0.949. The SMILES string of the molecule is [CH2-]O.[CH2-]O.[CH2-]O.[Pd]. The Balaban J connectivity index is -0.00000000900. The van der Waals surface area contributed by atoms with E-state index in [0.717, 1.165) is 0 Å². The molecule has 0 fully saturated rings. The van der Waals surface area contributed by atoms with E-state index >= 15 is 0 Å². The largest absolute Gasteiger partial charge is 0.569 e. The zero-order valence-corrected chi connectivity index (χ0v) is 5.33. The van der Waals surface area contributed by atoms with Crippen molar-refractivity contribution >= 4 is 0 Å². The maximum atomic E-state index is 6.75. The molecule has 0 spiro atoms. The Morgan fingerprint density at radius 3 is 0.571 bits per heavy atom. The van der Waals surface area contributed by atoms with E-state index in [1.165, 1.54) is 0 Å². The molecule has 3 nitrogen and oxygen atoms in total. The van der Waals surface area contributed by atoms with Crippen LogP contribution in [0.3, 0.4) is 0 Å². The summed E-state index contributed by atoms with van der Waals surface area (Å²) in [4.78, 5) is 0. The predicted molar refractivity (Wildman–Crippen MR) is 21.9 cm³/mol. The molecule has 0 aromatic carbocycles. The van der Waals surface area contributed by atoms with Gasteiger partial charge in [-0.15, -0.1) is 0 Å². The van der Waals surface area contributed by atoms with Gasteiger partial charge in [-0.1, -0.05) is 0 Å². The molecule has 0 aliphatic carbocycles. The third-order valence-corrected chi connectivity index (χ3v) is 0. The van der Waals surface area contributed by atoms with Gasteiger partial charge in [0.25, 0.3) is 0 Å². The number of aliphatic hydroxyl groups excluding tert-OH is 3. The Kier molecular flexibility index (Phi) is 2510. The van der Waals surface area contributed by atoms with Crippen LogP contribution < -0.4 is 0 Å². The molecular weight excluding hydrogens is 190 g/mol. The molecule has 0 heterocycles. The molecule has 0 rings (SSSR count). The molecule has 52 valence electrons. The van der Waals surface area contributed by atoms with Gasteiger partial charge in [-0.05, 0) is 0 Å². The van der Waals surface area contributed by atoms with E-state index in [9.17, 15) is 0 Å². The molecule has 0 amide bonds. The number of hydrogen-bond donors (Lipinski definition) is 3. The molecular formula is C3H9O3Pd-3. The zero-order chi connectivity index (χ0) is 6.00. The molecule has 7 heavy (non-hydrogen) atoms. The van der Waals surface area contributed by atoms with Gasteiger partial charge in [0.1, 0.15) is 0 Å². The fourth-order valence-corrected chi connectivity index (χ4v) is 0. The summed E-state index contributed by atoms with van der Waals surface area (Å²) < 4.78 is 0. The van der Waals surface area contributed by atoms with Crippen LogP contribution in [-0.4, -0.2) is 15.3 Å². The van der Waals surface area contributed by atoms with Crippen LogP contribution in [0.2, 0.25) is 0 Å². The van der Waals surface area contributed by atoms with Gasteiger partial charge in [-0.3, -0.25) is 0 Å². The van der Waals surface area contributed by atoms with E-state index in [2.05, 4.69) is 21.3 Å². The standard InChI is InChI=1S/3CH3O.Pd/c3*1-2;/h3*2H,1H2;/q3*-1;. The van der Waals surface area contributed by atoms with Gasteiger partial charge in [0.05, 0.1) is 0 Å². The minimum atomic E-state index is 0. The van der Waals surface area contributed by atoms with E-state index < -0.39 is 0 Å². The average molecular weight is 200 g/mol. The van der Waals surface area contributed by atoms with E-state index in [0.29, 0.717) is 0 Å². The van der Waals surface area contributed by atoms with Gasteiger partial charge in [0, 0.05) is 20.4 Å². The molecule has 0 atom stereocenters. The Morgan fingerprint density at radius 2 is 0.571 bits per heavy atom. The topological polar surface area (TPSA) is 60.7 Å². The Labute approximate surface area is 57.6 Å². The summed E-state index contributed by atoms with van der Waals surface area (Å²) in [6.45, 7) is 0. The fraction of sp³-hybridized carbons (Fsp3) is 0. The van der Waals surface area contributed by atoms with Gasteiger partial charge in [0.2, 0.25) is 0 Å². The second kappa shape index (κ2) is 683. The first-order valence-corrected chi connectivity index (χ1v) is 0.949. The van der Waals surface area contributed by atoms with Gasteiger partial charge in [-0.25, -0.2) is 21.3 Å². The average Bonchev–Trinajstić information content (AvgIpc) is 1.81. The van der Waals surface area contributed by atoms with E-state index in [-0.39, 0.29) is 20.4 Å². The fourth-order valence-electron chi connectivity index (χ4n) is 0. The normalized spacial score (nSPS) is 2.57. The number of hydrogen-bond acceptors (Lipinski definition) is 3. The van der Waals surface area contributed by atoms with Gasteiger partial charge in [-0.2, -0.15) is 0 Å². The molecule has 0 saturated carbocycles. The van der Waals surface area contributed by atoms with Crippen LogP contribution in [0, 0.1) is 21.3 Å². The quantitative estimate of drug-likeness (QED) is 0.392. The first kappa shape index (κ1) is 25.7. The third kappa shape index (κ3) is 459. The molecule has 0 aromatic heterocycles.